The highest BCUT2D eigenvalue weighted by Crippen LogP contribution is 2.48. The molecule has 3 aromatic heterocycles. The molecular weight excluding hydrogens is 655 g/mol. The lowest BCUT2D eigenvalue weighted by molar-refractivity contribution is -0.138. The van der Waals surface area contributed by atoms with Gasteiger partial charge in [0.1, 0.15) is 18.0 Å². The molecule has 13 heteroatoms. The van der Waals surface area contributed by atoms with E-state index in [1.807, 2.05) is 26.1 Å². The topological polar surface area (TPSA) is 116 Å². The average Bonchev–Trinajstić information content (AvgIpc) is 3.80. The van der Waals surface area contributed by atoms with Crippen molar-refractivity contribution in [3.63, 3.8) is 0 Å². The molecule has 4 aromatic rings. The third kappa shape index (κ3) is 7.61. The van der Waals surface area contributed by atoms with E-state index in [0.29, 0.717) is 59.7 Å². The molecule has 1 N–H and O–H groups in total. The van der Waals surface area contributed by atoms with E-state index in [1.54, 1.807) is 29.2 Å². The van der Waals surface area contributed by atoms with Gasteiger partial charge in [0.25, 0.3) is 5.91 Å². The van der Waals surface area contributed by atoms with Crippen LogP contribution in [-0.2, 0) is 26.3 Å². The van der Waals surface area contributed by atoms with Gasteiger partial charge in [0.2, 0.25) is 0 Å². The number of fused-ring (bicyclic) bond motifs is 1. The Morgan fingerprint density at radius 3 is 2.49 bits per heavy atom. The van der Waals surface area contributed by atoms with Gasteiger partial charge in [-0.05, 0) is 97.2 Å². The molecule has 1 amide bonds. The Labute approximate surface area is 296 Å². The lowest BCUT2D eigenvalue weighted by atomic mass is 9.68. The Hall–Kier alpha value is -4.83. The fourth-order valence-corrected chi connectivity index (χ4v) is 7.29. The van der Waals surface area contributed by atoms with E-state index in [2.05, 4.69) is 45.3 Å². The third-order valence-electron chi connectivity index (χ3n) is 9.91. The van der Waals surface area contributed by atoms with E-state index < -0.39 is 17.6 Å². The number of rotatable bonds is 9. The molecule has 1 aliphatic carbocycles. The minimum Gasteiger partial charge on any atom is -0.370 e. The van der Waals surface area contributed by atoms with Crippen LogP contribution in [0.3, 0.4) is 0 Å². The van der Waals surface area contributed by atoms with Crippen molar-refractivity contribution < 1.29 is 18.0 Å². The van der Waals surface area contributed by atoms with Crippen LogP contribution in [0.1, 0.15) is 91.5 Å². The summed E-state index contributed by atoms with van der Waals surface area (Å²) in [5.41, 5.74) is 2.91. The molecule has 2 aliphatic heterocycles. The molecule has 10 nitrogen and oxygen atoms in total. The van der Waals surface area contributed by atoms with E-state index in [9.17, 15) is 18.0 Å². The van der Waals surface area contributed by atoms with Crippen molar-refractivity contribution >= 4 is 17.5 Å². The Morgan fingerprint density at radius 2 is 1.84 bits per heavy atom. The van der Waals surface area contributed by atoms with Gasteiger partial charge in [0, 0.05) is 56.1 Å². The number of aryl methyl sites for hydroxylation is 2. The molecule has 268 valence electrons. The number of hydrogen-bond acceptors (Lipinski definition) is 8. The lowest BCUT2D eigenvalue weighted by Crippen LogP contribution is -2.33. The van der Waals surface area contributed by atoms with Crippen LogP contribution in [-0.4, -0.2) is 55.2 Å². The van der Waals surface area contributed by atoms with Gasteiger partial charge in [-0.2, -0.15) is 18.4 Å². The first kappa shape index (κ1) is 36.0. The van der Waals surface area contributed by atoms with Crippen LogP contribution in [0.5, 0.6) is 0 Å². The van der Waals surface area contributed by atoms with Crippen LogP contribution >= 0.6 is 0 Å². The fourth-order valence-electron chi connectivity index (χ4n) is 7.29. The Bertz CT molecular complexity index is 1940. The van der Waals surface area contributed by atoms with Gasteiger partial charge in [-0.25, -0.2) is 4.98 Å². The number of likely N-dealkylation sites (tertiary alicyclic amines) is 1. The van der Waals surface area contributed by atoms with Gasteiger partial charge in [0.05, 0.1) is 18.2 Å². The SMILES string of the molecule is CCC.Cc1cc(-c2cc(NCCCC#N)nc(N3Cc4c(cc(CN5CCC6(CCC6)C5)cc4C(F)(F)F)C3=O)c2)c(-c2nncn2C)cn1. The van der Waals surface area contributed by atoms with Gasteiger partial charge in [-0.1, -0.05) is 26.7 Å². The second-order valence-electron chi connectivity index (χ2n) is 14.0. The summed E-state index contributed by atoms with van der Waals surface area (Å²) in [5.74, 6) is 0.704. The molecule has 1 saturated carbocycles. The highest BCUT2D eigenvalue weighted by atomic mass is 19.4. The summed E-state index contributed by atoms with van der Waals surface area (Å²) in [6.45, 7) is 8.41. The third-order valence-corrected chi connectivity index (χ3v) is 9.91. The Balaban J connectivity index is 0.00000144. The molecule has 5 heterocycles. The van der Waals surface area contributed by atoms with E-state index in [-0.39, 0.29) is 23.5 Å². The molecule has 3 aliphatic rings. The minimum atomic E-state index is -4.63. The molecule has 2 fully saturated rings. The Kier molecular flexibility index (Phi) is 10.4. The predicted molar refractivity (Wildman–Crippen MR) is 190 cm³/mol. The molecule has 1 aromatic carbocycles. The number of nitriles is 1. The maximum Gasteiger partial charge on any atom is 0.416 e. The summed E-state index contributed by atoms with van der Waals surface area (Å²) in [4.78, 5) is 26.8. The lowest BCUT2D eigenvalue weighted by Gasteiger charge is -2.38. The molecule has 7 rings (SSSR count). The van der Waals surface area contributed by atoms with E-state index in [4.69, 9.17) is 10.2 Å². The number of aromatic nitrogens is 5. The number of nitrogens with one attached hydrogen (secondary N) is 1. The highest BCUT2D eigenvalue weighted by Gasteiger charge is 2.44. The number of amides is 1. The van der Waals surface area contributed by atoms with Gasteiger partial charge < -0.3 is 9.88 Å². The van der Waals surface area contributed by atoms with Gasteiger partial charge in [-0.3, -0.25) is 19.6 Å². The second-order valence-corrected chi connectivity index (χ2v) is 14.0. The summed E-state index contributed by atoms with van der Waals surface area (Å²) in [6.07, 6.45) is 5.46. The summed E-state index contributed by atoms with van der Waals surface area (Å²) < 4.78 is 45.5. The largest absolute Gasteiger partial charge is 0.416 e. The normalized spacial score (nSPS) is 16.4. The van der Waals surface area contributed by atoms with E-state index in [0.717, 1.165) is 30.8 Å². The van der Waals surface area contributed by atoms with E-state index in [1.165, 1.54) is 36.6 Å². The second kappa shape index (κ2) is 14.8. The number of carbonyl (C=O) groups excluding carboxylic acids is 1. The zero-order chi connectivity index (χ0) is 36.3. The zero-order valence-electron chi connectivity index (χ0n) is 29.6. The molecular formula is C38H44F3N9O. The Morgan fingerprint density at radius 1 is 1.06 bits per heavy atom. The first-order valence-corrected chi connectivity index (χ1v) is 17.7. The number of benzene rings is 1. The maximum absolute atomic E-state index is 14.6. The van der Waals surface area contributed by atoms with Crippen LogP contribution in [0, 0.1) is 23.7 Å². The van der Waals surface area contributed by atoms with E-state index >= 15 is 0 Å². The summed E-state index contributed by atoms with van der Waals surface area (Å²) in [5, 5.41) is 20.5. The van der Waals surface area contributed by atoms with Crippen molar-refractivity contribution in [1.29, 1.82) is 5.26 Å². The summed E-state index contributed by atoms with van der Waals surface area (Å²) in [7, 11) is 1.82. The van der Waals surface area contributed by atoms with Crippen molar-refractivity contribution in [2.24, 2.45) is 12.5 Å². The molecule has 1 spiro atoms. The molecule has 0 radical (unpaired) electrons. The van der Waals surface area contributed by atoms with Crippen LogP contribution in [0.25, 0.3) is 22.5 Å². The minimum absolute atomic E-state index is 0.0385. The van der Waals surface area contributed by atoms with Crippen LogP contribution in [0.2, 0.25) is 0 Å². The molecule has 0 bridgehead atoms. The number of anilines is 2. The average molecular weight is 700 g/mol. The zero-order valence-corrected chi connectivity index (χ0v) is 29.6. The first-order chi connectivity index (χ1) is 24.4. The number of nitrogens with zero attached hydrogens (tertiary/aromatic N) is 8. The summed E-state index contributed by atoms with van der Waals surface area (Å²) >= 11 is 0. The standard InChI is InChI=1S/C35H36F3N9O.C3H8/c1-22-12-25(27(17-41-22)32-44-42-21-45(32)2)24-15-30(40-10-4-3-9-39)43-31(16-24)47-19-28-26(33(47)48)13-23(14-29(28)35(36,37)38)18-46-11-8-34(20-46)6-5-7-34;1-3-2/h12-17,21H,3-8,10-11,18-20H2,1-2H3,(H,40,43);3H2,1-2H3. The van der Waals surface area contributed by atoms with Crippen LogP contribution in [0.4, 0.5) is 24.8 Å². The number of hydrogen-bond donors (Lipinski definition) is 1. The number of unbranched alkanes of at least 4 members (excludes halogenated alkanes) is 1. The quantitative estimate of drug-likeness (QED) is 0.175. The maximum atomic E-state index is 14.6. The number of pyridine rings is 2. The molecule has 1 saturated heterocycles. The van der Waals surface area contributed by atoms with Crippen molar-refractivity contribution in [3.05, 3.63) is 70.8 Å². The molecule has 51 heavy (non-hydrogen) atoms. The van der Waals surface area contributed by atoms with Crippen molar-refractivity contribution in [2.45, 2.75) is 85.0 Å². The van der Waals surface area contributed by atoms with Crippen LogP contribution < -0.4 is 10.2 Å². The smallest absolute Gasteiger partial charge is 0.370 e. The van der Waals surface area contributed by atoms with Crippen molar-refractivity contribution in [2.75, 3.05) is 29.9 Å². The molecule has 0 unspecified atom stereocenters. The van der Waals surface area contributed by atoms with Crippen molar-refractivity contribution in [3.8, 4) is 28.6 Å². The van der Waals surface area contributed by atoms with Gasteiger partial charge >= 0.3 is 6.18 Å². The number of halogens is 3. The number of alkyl halides is 3. The highest BCUT2D eigenvalue weighted by molar-refractivity contribution is 6.10. The van der Waals surface area contributed by atoms with Crippen LogP contribution in [0.15, 0.2) is 42.9 Å². The summed E-state index contributed by atoms with van der Waals surface area (Å²) in [6, 6.07) is 10.4. The predicted octanol–water partition coefficient (Wildman–Crippen LogP) is 7.93. The first-order valence-electron chi connectivity index (χ1n) is 17.7. The fraction of sp³-hybridized carbons (Fsp3) is 0.474. The van der Waals surface area contributed by atoms with Crippen molar-refractivity contribution in [1.82, 2.24) is 29.6 Å². The van der Waals surface area contributed by atoms with Gasteiger partial charge in [0.15, 0.2) is 5.82 Å². The van der Waals surface area contributed by atoms with Gasteiger partial charge in [-0.15, -0.1) is 10.2 Å². The number of carbonyl (C=O) groups is 1. The monoisotopic (exact) mass is 699 g/mol. The molecule has 0 atom stereocenters.